The summed E-state index contributed by atoms with van der Waals surface area (Å²) < 4.78 is 0. The molecule has 0 saturated carbocycles. The normalized spacial score (nSPS) is 13.3. The van der Waals surface area contributed by atoms with Gasteiger partial charge in [0.2, 0.25) is 0 Å². The van der Waals surface area contributed by atoms with E-state index in [-0.39, 0.29) is 5.41 Å². The molecule has 0 aromatic heterocycles. The second kappa shape index (κ2) is 9.78. The molecule has 0 bridgehead atoms. The summed E-state index contributed by atoms with van der Waals surface area (Å²) in [4.78, 5) is 0. The molecular weight excluding hydrogens is 540 g/mol. The topological polar surface area (TPSA) is 0 Å². The molecule has 0 fully saturated rings. The highest BCUT2D eigenvalue weighted by atomic mass is 14.4. The second-order valence-electron chi connectivity index (χ2n) is 13.0. The Bertz CT molecular complexity index is 2440. The summed E-state index contributed by atoms with van der Waals surface area (Å²) in [5.74, 6) is 0. The molecule has 0 aliphatic heterocycles. The van der Waals surface area contributed by atoms with Crippen molar-refractivity contribution in [1.82, 2.24) is 0 Å². The van der Waals surface area contributed by atoms with Crippen LogP contribution in [-0.2, 0) is 5.41 Å². The maximum absolute atomic E-state index is 2.41. The minimum Gasteiger partial charge on any atom is -0.0619 e. The maximum Gasteiger partial charge on any atom is 0.0159 e. The first-order chi connectivity index (χ1) is 22.0. The lowest BCUT2D eigenvalue weighted by Gasteiger charge is -2.22. The van der Waals surface area contributed by atoms with E-state index >= 15 is 0 Å². The summed E-state index contributed by atoms with van der Waals surface area (Å²) in [6, 6.07) is 58.5. The lowest BCUT2D eigenvalue weighted by atomic mass is 9.81. The van der Waals surface area contributed by atoms with E-state index < -0.39 is 0 Å². The number of rotatable bonds is 3. The van der Waals surface area contributed by atoms with E-state index in [1.807, 2.05) is 0 Å². The fourth-order valence-corrected chi connectivity index (χ4v) is 7.63. The van der Waals surface area contributed by atoms with Crippen LogP contribution < -0.4 is 0 Å². The zero-order chi connectivity index (χ0) is 30.1. The van der Waals surface area contributed by atoms with Crippen LogP contribution in [0.3, 0.4) is 0 Å². The average Bonchev–Trinajstić information content (AvgIpc) is 3.33. The summed E-state index contributed by atoms with van der Waals surface area (Å²) >= 11 is 0. The third-order valence-corrected chi connectivity index (χ3v) is 10.1. The standard InChI is InChI=1S/C45H32/c1-45(2)43-14-8-7-13-40(43)41-24-23-34(28-44(41)45)33-22-18-30-17-21-32(25-36(30)26-33)29-15-19-31(20-16-29)42-27-35-9-3-4-10-37(35)38-11-5-6-12-39(38)42/h3-28H,1-2H3. The SMILES string of the molecule is CC1(C)c2ccccc2-c2ccc(-c3ccc4ccc(-c5ccc(-c6cc7ccccc7c7ccccc67)cc5)cc4c3)cc21. The van der Waals surface area contributed by atoms with E-state index in [0.29, 0.717) is 0 Å². The largest absolute Gasteiger partial charge is 0.0619 e. The number of hydrogen-bond acceptors (Lipinski definition) is 0. The Kier molecular flexibility index (Phi) is 5.64. The molecule has 0 atom stereocenters. The van der Waals surface area contributed by atoms with Gasteiger partial charge in [0, 0.05) is 5.41 Å². The van der Waals surface area contributed by atoms with Crippen LogP contribution in [0.15, 0.2) is 158 Å². The van der Waals surface area contributed by atoms with Gasteiger partial charge in [-0.25, -0.2) is 0 Å². The van der Waals surface area contributed by atoms with Crippen molar-refractivity contribution >= 4 is 32.3 Å². The molecule has 1 aliphatic rings. The zero-order valence-electron chi connectivity index (χ0n) is 25.5. The lowest BCUT2D eigenvalue weighted by Crippen LogP contribution is -2.14. The second-order valence-corrected chi connectivity index (χ2v) is 13.0. The van der Waals surface area contributed by atoms with Gasteiger partial charge in [0.05, 0.1) is 0 Å². The van der Waals surface area contributed by atoms with Crippen LogP contribution in [0.4, 0.5) is 0 Å². The molecule has 0 amide bonds. The molecule has 0 spiro atoms. The number of hydrogen-bond donors (Lipinski definition) is 0. The van der Waals surface area contributed by atoms with Crippen molar-refractivity contribution < 1.29 is 0 Å². The fourth-order valence-electron chi connectivity index (χ4n) is 7.63. The number of benzene rings is 8. The van der Waals surface area contributed by atoms with Crippen LogP contribution in [-0.4, -0.2) is 0 Å². The average molecular weight is 573 g/mol. The van der Waals surface area contributed by atoms with Crippen LogP contribution in [0.5, 0.6) is 0 Å². The van der Waals surface area contributed by atoms with E-state index in [4.69, 9.17) is 0 Å². The Morgan fingerprint density at radius 2 is 0.867 bits per heavy atom. The Balaban J connectivity index is 1.08. The highest BCUT2D eigenvalue weighted by Crippen LogP contribution is 2.49. The quantitative estimate of drug-likeness (QED) is 0.185. The molecule has 0 nitrogen and oxygen atoms in total. The lowest BCUT2D eigenvalue weighted by molar-refractivity contribution is 0.660. The van der Waals surface area contributed by atoms with Crippen LogP contribution >= 0.6 is 0 Å². The molecule has 0 saturated heterocycles. The van der Waals surface area contributed by atoms with Crippen LogP contribution in [0.1, 0.15) is 25.0 Å². The molecule has 9 rings (SSSR count). The van der Waals surface area contributed by atoms with Crippen molar-refractivity contribution in [2.75, 3.05) is 0 Å². The van der Waals surface area contributed by atoms with Crippen LogP contribution in [0.25, 0.3) is 76.8 Å². The first kappa shape index (κ1) is 26.0. The molecule has 1 aliphatic carbocycles. The van der Waals surface area contributed by atoms with Crippen molar-refractivity contribution in [3.05, 3.63) is 169 Å². The van der Waals surface area contributed by atoms with Crippen LogP contribution in [0.2, 0.25) is 0 Å². The molecule has 0 unspecified atom stereocenters. The Morgan fingerprint density at radius 3 is 1.67 bits per heavy atom. The van der Waals surface area contributed by atoms with Crippen molar-refractivity contribution in [3.63, 3.8) is 0 Å². The third-order valence-electron chi connectivity index (χ3n) is 10.1. The Labute approximate surface area is 264 Å². The van der Waals surface area contributed by atoms with Gasteiger partial charge in [-0.2, -0.15) is 0 Å². The van der Waals surface area contributed by atoms with E-state index in [1.165, 1.54) is 88.0 Å². The summed E-state index contributed by atoms with van der Waals surface area (Å²) in [7, 11) is 0. The Hall–Kier alpha value is -5.46. The third kappa shape index (κ3) is 4.06. The van der Waals surface area contributed by atoms with Gasteiger partial charge in [0.15, 0.2) is 0 Å². The number of fused-ring (bicyclic) bond motifs is 7. The van der Waals surface area contributed by atoms with Crippen molar-refractivity contribution in [2.24, 2.45) is 0 Å². The summed E-state index contributed by atoms with van der Waals surface area (Å²) in [5.41, 5.74) is 13.1. The van der Waals surface area contributed by atoms with E-state index in [0.717, 1.165) is 0 Å². The molecule has 45 heavy (non-hydrogen) atoms. The summed E-state index contributed by atoms with van der Waals surface area (Å²) in [5, 5.41) is 7.69. The molecule has 0 N–H and O–H groups in total. The van der Waals surface area contributed by atoms with Crippen LogP contribution in [0, 0.1) is 0 Å². The summed E-state index contributed by atoms with van der Waals surface area (Å²) in [6.07, 6.45) is 0. The smallest absolute Gasteiger partial charge is 0.0159 e. The highest BCUT2D eigenvalue weighted by Gasteiger charge is 2.35. The van der Waals surface area contributed by atoms with Gasteiger partial charge in [-0.3, -0.25) is 0 Å². The zero-order valence-corrected chi connectivity index (χ0v) is 25.5. The minimum atomic E-state index is -0.00273. The van der Waals surface area contributed by atoms with Gasteiger partial charge < -0.3 is 0 Å². The molecule has 8 aromatic carbocycles. The summed E-state index contributed by atoms with van der Waals surface area (Å²) in [6.45, 7) is 4.70. The van der Waals surface area contributed by atoms with E-state index in [1.54, 1.807) is 0 Å². The van der Waals surface area contributed by atoms with Gasteiger partial charge >= 0.3 is 0 Å². The molecule has 212 valence electrons. The van der Waals surface area contributed by atoms with Gasteiger partial charge in [-0.05, 0) is 112 Å². The predicted octanol–water partition coefficient (Wildman–Crippen LogP) is 12.5. The van der Waals surface area contributed by atoms with Gasteiger partial charge in [-0.1, -0.05) is 147 Å². The molecular formula is C45H32. The molecule has 0 radical (unpaired) electrons. The molecule has 0 heteroatoms. The van der Waals surface area contributed by atoms with Crippen molar-refractivity contribution in [3.8, 4) is 44.5 Å². The maximum atomic E-state index is 2.41. The molecule has 0 heterocycles. The van der Waals surface area contributed by atoms with Gasteiger partial charge in [-0.15, -0.1) is 0 Å². The van der Waals surface area contributed by atoms with Crippen molar-refractivity contribution in [2.45, 2.75) is 19.3 Å². The minimum absolute atomic E-state index is 0.00273. The molecule has 8 aromatic rings. The van der Waals surface area contributed by atoms with E-state index in [9.17, 15) is 0 Å². The van der Waals surface area contributed by atoms with Crippen molar-refractivity contribution in [1.29, 1.82) is 0 Å². The first-order valence-electron chi connectivity index (χ1n) is 15.8. The Morgan fingerprint density at radius 1 is 0.311 bits per heavy atom. The van der Waals surface area contributed by atoms with E-state index in [2.05, 4.69) is 172 Å². The van der Waals surface area contributed by atoms with Gasteiger partial charge in [0.25, 0.3) is 0 Å². The first-order valence-corrected chi connectivity index (χ1v) is 15.8. The monoisotopic (exact) mass is 572 g/mol. The predicted molar refractivity (Wildman–Crippen MR) is 193 cm³/mol. The fraction of sp³-hybridized carbons (Fsp3) is 0.0667. The van der Waals surface area contributed by atoms with Gasteiger partial charge in [0.1, 0.15) is 0 Å². The highest BCUT2D eigenvalue weighted by molar-refractivity contribution is 6.13.